The molecule has 1 heterocycles. The third kappa shape index (κ3) is 3.10. The molecule has 1 fully saturated rings. The predicted molar refractivity (Wildman–Crippen MR) is 67.0 cm³/mol. The fourth-order valence-electron chi connectivity index (χ4n) is 2.07. The summed E-state index contributed by atoms with van der Waals surface area (Å²) in [5.41, 5.74) is 1.38. The number of benzene rings is 1. The van der Waals surface area contributed by atoms with Crippen LogP contribution in [0.15, 0.2) is 30.3 Å². The molecule has 0 aromatic heterocycles. The van der Waals surface area contributed by atoms with Gasteiger partial charge in [-0.25, -0.2) is 0 Å². The first-order valence-electron chi connectivity index (χ1n) is 5.80. The second-order valence-corrected chi connectivity index (χ2v) is 4.12. The Labute approximate surface area is 97.7 Å². The Balaban J connectivity index is 1.92. The highest BCUT2D eigenvalue weighted by Crippen LogP contribution is 2.06. The van der Waals surface area contributed by atoms with E-state index in [1.54, 1.807) is 0 Å². The fourth-order valence-corrected chi connectivity index (χ4v) is 2.07. The van der Waals surface area contributed by atoms with Crippen molar-refractivity contribution in [3.05, 3.63) is 35.9 Å². The summed E-state index contributed by atoms with van der Waals surface area (Å²) in [5.74, 6) is 6.18. The zero-order valence-electron chi connectivity index (χ0n) is 9.74. The van der Waals surface area contributed by atoms with Crippen LogP contribution in [0.2, 0.25) is 0 Å². The molecule has 16 heavy (non-hydrogen) atoms. The second kappa shape index (κ2) is 5.69. The van der Waals surface area contributed by atoms with E-state index in [4.69, 9.17) is 0 Å². The van der Waals surface area contributed by atoms with E-state index >= 15 is 0 Å². The topological polar surface area (TPSA) is 15.3 Å². The molecule has 0 saturated carbocycles. The van der Waals surface area contributed by atoms with Crippen molar-refractivity contribution in [2.75, 3.05) is 19.6 Å². The van der Waals surface area contributed by atoms with Gasteiger partial charge in [0.1, 0.15) is 0 Å². The lowest BCUT2D eigenvalue weighted by molar-refractivity contribution is 0.213. The van der Waals surface area contributed by atoms with Gasteiger partial charge in [-0.1, -0.05) is 36.3 Å². The zero-order valence-corrected chi connectivity index (χ0v) is 9.74. The SMILES string of the molecule is CC#CC1CN(Cc2ccccc2)CCN1. The molecule has 1 N–H and O–H groups in total. The summed E-state index contributed by atoms with van der Waals surface area (Å²) in [5, 5.41) is 3.42. The van der Waals surface area contributed by atoms with Gasteiger partial charge in [-0.2, -0.15) is 0 Å². The van der Waals surface area contributed by atoms with Crippen molar-refractivity contribution in [2.24, 2.45) is 0 Å². The number of nitrogens with zero attached hydrogens (tertiary/aromatic N) is 1. The van der Waals surface area contributed by atoms with Crippen molar-refractivity contribution in [3.8, 4) is 11.8 Å². The smallest absolute Gasteiger partial charge is 0.0818 e. The summed E-state index contributed by atoms with van der Waals surface area (Å²) >= 11 is 0. The third-order valence-corrected chi connectivity index (χ3v) is 2.83. The molecule has 2 nitrogen and oxygen atoms in total. The van der Waals surface area contributed by atoms with E-state index < -0.39 is 0 Å². The number of rotatable bonds is 2. The first kappa shape index (κ1) is 11.2. The van der Waals surface area contributed by atoms with Crippen molar-refractivity contribution in [1.82, 2.24) is 10.2 Å². The molecule has 1 aromatic rings. The molecule has 1 aliphatic rings. The molecular weight excluding hydrogens is 196 g/mol. The van der Waals surface area contributed by atoms with Gasteiger partial charge in [0.25, 0.3) is 0 Å². The summed E-state index contributed by atoms with van der Waals surface area (Å²) in [4.78, 5) is 2.46. The molecule has 0 amide bonds. The van der Waals surface area contributed by atoms with Gasteiger partial charge < -0.3 is 5.32 Å². The van der Waals surface area contributed by atoms with E-state index in [0.717, 1.165) is 26.2 Å². The van der Waals surface area contributed by atoms with Crippen LogP contribution in [0.5, 0.6) is 0 Å². The van der Waals surface area contributed by atoms with Crippen LogP contribution in [-0.4, -0.2) is 30.6 Å². The molecule has 0 spiro atoms. The molecular formula is C14H18N2. The van der Waals surface area contributed by atoms with Crippen LogP contribution in [0.4, 0.5) is 0 Å². The molecule has 1 saturated heterocycles. The maximum Gasteiger partial charge on any atom is 0.0818 e. The average molecular weight is 214 g/mol. The average Bonchev–Trinajstić information content (AvgIpc) is 2.31. The van der Waals surface area contributed by atoms with Crippen molar-refractivity contribution >= 4 is 0 Å². The minimum Gasteiger partial charge on any atom is -0.301 e. The highest BCUT2D eigenvalue weighted by atomic mass is 15.2. The molecule has 1 unspecified atom stereocenters. The highest BCUT2D eigenvalue weighted by Gasteiger charge is 2.16. The molecule has 1 aliphatic heterocycles. The van der Waals surface area contributed by atoms with Gasteiger partial charge in [0.05, 0.1) is 6.04 Å². The Morgan fingerprint density at radius 1 is 1.38 bits per heavy atom. The minimum absolute atomic E-state index is 0.336. The van der Waals surface area contributed by atoms with Crippen LogP contribution in [0, 0.1) is 11.8 Å². The van der Waals surface area contributed by atoms with Crippen LogP contribution in [0.3, 0.4) is 0 Å². The Morgan fingerprint density at radius 3 is 2.94 bits per heavy atom. The molecule has 1 aromatic carbocycles. The van der Waals surface area contributed by atoms with Crippen molar-refractivity contribution in [2.45, 2.75) is 19.5 Å². The summed E-state index contributed by atoms with van der Waals surface area (Å²) in [6, 6.07) is 11.0. The van der Waals surface area contributed by atoms with E-state index in [1.165, 1.54) is 5.56 Å². The predicted octanol–water partition coefficient (Wildman–Crippen LogP) is 1.48. The number of hydrogen-bond acceptors (Lipinski definition) is 2. The fraction of sp³-hybridized carbons (Fsp3) is 0.429. The van der Waals surface area contributed by atoms with Gasteiger partial charge in [-0.05, 0) is 12.5 Å². The van der Waals surface area contributed by atoms with Crippen LogP contribution >= 0.6 is 0 Å². The monoisotopic (exact) mass is 214 g/mol. The van der Waals surface area contributed by atoms with Crippen LogP contribution in [0.1, 0.15) is 12.5 Å². The van der Waals surface area contributed by atoms with E-state index in [9.17, 15) is 0 Å². The van der Waals surface area contributed by atoms with Gasteiger partial charge in [0, 0.05) is 26.2 Å². The number of hydrogen-bond donors (Lipinski definition) is 1. The molecule has 0 radical (unpaired) electrons. The quantitative estimate of drug-likeness (QED) is 0.750. The summed E-state index contributed by atoms with van der Waals surface area (Å²) in [6.07, 6.45) is 0. The normalized spacial score (nSPS) is 21.2. The first-order chi connectivity index (χ1) is 7.88. The lowest BCUT2D eigenvalue weighted by Crippen LogP contribution is -2.49. The highest BCUT2D eigenvalue weighted by molar-refractivity contribution is 5.15. The maximum absolute atomic E-state index is 3.42. The molecule has 2 rings (SSSR count). The van der Waals surface area contributed by atoms with E-state index in [0.29, 0.717) is 6.04 Å². The Hall–Kier alpha value is -1.30. The van der Waals surface area contributed by atoms with E-state index in [-0.39, 0.29) is 0 Å². The van der Waals surface area contributed by atoms with Gasteiger partial charge >= 0.3 is 0 Å². The van der Waals surface area contributed by atoms with Crippen LogP contribution < -0.4 is 5.32 Å². The van der Waals surface area contributed by atoms with Gasteiger partial charge in [0.15, 0.2) is 0 Å². The van der Waals surface area contributed by atoms with Gasteiger partial charge in [-0.15, -0.1) is 5.92 Å². The lowest BCUT2D eigenvalue weighted by atomic mass is 10.1. The summed E-state index contributed by atoms with van der Waals surface area (Å²) in [7, 11) is 0. The third-order valence-electron chi connectivity index (χ3n) is 2.83. The van der Waals surface area contributed by atoms with Crippen molar-refractivity contribution < 1.29 is 0 Å². The van der Waals surface area contributed by atoms with E-state index in [1.807, 2.05) is 6.92 Å². The number of piperazine rings is 1. The molecule has 1 atom stereocenters. The van der Waals surface area contributed by atoms with Crippen molar-refractivity contribution in [3.63, 3.8) is 0 Å². The largest absolute Gasteiger partial charge is 0.301 e. The zero-order chi connectivity index (χ0) is 11.2. The minimum atomic E-state index is 0.336. The van der Waals surface area contributed by atoms with Crippen molar-refractivity contribution in [1.29, 1.82) is 0 Å². The Kier molecular flexibility index (Phi) is 3.98. The van der Waals surface area contributed by atoms with Gasteiger partial charge in [0.2, 0.25) is 0 Å². The standard InChI is InChI=1S/C14H18N2/c1-2-6-14-12-16(10-9-15-14)11-13-7-4-3-5-8-13/h3-5,7-8,14-15H,9-12H2,1H3. The Morgan fingerprint density at radius 2 is 2.19 bits per heavy atom. The Bertz CT molecular complexity index is 375. The number of nitrogens with one attached hydrogen (secondary N) is 1. The molecule has 0 aliphatic carbocycles. The second-order valence-electron chi connectivity index (χ2n) is 4.12. The van der Waals surface area contributed by atoms with Gasteiger partial charge in [-0.3, -0.25) is 4.90 Å². The maximum atomic E-state index is 3.42. The lowest BCUT2D eigenvalue weighted by Gasteiger charge is -2.31. The first-order valence-corrected chi connectivity index (χ1v) is 5.80. The van der Waals surface area contributed by atoms with E-state index in [2.05, 4.69) is 52.4 Å². The summed E-state index contributed by atoms with van der Waals surface area (Å²) < 4.78 is 0. The molecule has 0 bridgehead atoms. The molecule has 84 valence electrons. The molecule has 2 heteroatoms. The van der Waals surface area contributed by atoms with Crippen LogP contribution in [0.25, 0.3) is 0 Å². The van der Waals surface area contributed by atoms with Crippen LogP contribution in [-0.2, 0) is 6.54 Å². The summed E-state index contributed by atoms with van der Waals surface area (Å²) in [6.45, 7) is 6.10.